The molecule has 0 amide bonds. The predicted octanol–water partition coefficient (Wildman–Crippen LogP) is 4.46. The Balaban J connectivity index is 1.89. The molecule has 0 aliphatic rings. The Morgan fingerprint density at radius 1 is 1.19 bits per heavy atom. The Kier molecular flexibility index (Phi) is 5.76. The van der Waals surface area contributed by atoms with Gasteiger partial charge in [-0.25, -0.2) is 4.21 Å². The van der Waals surface area contributed by atoms with Gasteiger partial charge < -0.3 is 4.55 Å². The van der Waals surface area contributed by atoms with Crippen LogP contribution in [-0.4, -0.2) is 18.5 Å². The van der Waals surface area contributed by atoms with Crippen molar-refractivity contribution in [1.29, 1.82) is 5.26 Å². The van der Waals surface area contributed by atoms with Crippen molar-refractivity contribution >= 4 is 22.7 Å². The van der Waals surface area contributed by atoms with Crippen LogP contribution < -0.4 is 0 Å². The van der Waals surface area contributed by atoms with E-state index >= 15 is 0 Å². The lowest BCUT2D eigenvalue weighted by molar-refractivity contribution is 0.563. The van der Waals surface area contributed by atoms with Crippen LogP contribution in [0.3, 0.4) is 0 Å². The van der Waals surface area contributed by atoms with Crippen LogP contribution in [0.25, 0.3) is 11.1 Å². The van der Waals surface area contributed by atoms with Crippen molar-refractivity contribution in [3.63, 3.8) is 0 Å². The largest absolute Gasteiger partial charge is 0.306 e. The molecule has 2 aromatic carbocycles. The second-order valence-electron chi connectivity index (χ2n) is 6.29. The van der Waals surface area contributed by atoms with Crippen LogP contribution in [0.1, 0.15) is 28.1 Å². The zero-order chi connectivity index (χ0) is 19.6. The zero-order valence-electron chi connectivity index (χ0n) is 14.9. The number of rotatable bonds is 5. The first-order valence-corrected chi connectivity index (χ1v) is 9.93. The Bertz CT molecular complexity index is 1050. The second-order valence-corrected chi connectivity index (χ2v) is 7.63. The first kappa shape index (κ1) is 19.3. The summed E-state index contributed by atoms with van der Waals surface area (Å²) in [5.41, 5.74) is 6.16. The minimum atomic E-state index is -1.84. The quantitative estimate of drug-likeness (QED) is 0.642. The molecule has 0 fully saturated rings. The number of benzene rings is 2. The highest BCUT2D eigenvalue weighted by atomic mass is 35.5. The monoisotopic (exact) mass is 399 g/mol. The minimum absolute atomic E-state index is 0.129. The summed E-state index contributed by atoms with van der Waals surface area (Å²) >= 11 is 4.34. The molecular weight excluding hydrogens is 382 g/mol. The average Bonchev–Trinajstić information content (AvgIpc) is 2.89. The van der Waals surface area contributed by atoms with E-state index in [4.69, 9.17) is 21.4 Å². The van der Waals surface area contributed by atoms with Crippen LogP contribution >= 0.6 is 11.6 Å². The van der Waals surface area contributed by atoms with E-state index < -0.39 is 11.1 Å². The van der Waals surface area contributed by atoms with Gasteiger partial charge in [0.1, 0.15) is 6.07 Å². The van der Waals surface area contributed by atoms with Crippen molar-refractivity contribution in [2.45, 2.75) is 26.1 Å². The summed E-state index contributed by atoms with van der Waals surface area (Å²) in [6.07, 6.45) is 0. The van der Waals surface area contributed by atoms with E-state index in [-0.39, 0.29) is 5.75 Å². The summed E-state index contributed by atoms with van der Waals surface area (Å²) in [6.45, 7) is 4.55. The Morgan fingerprint density at radius 2 is 1.85 bits per heavy atom. The van der Waals surface area contributed by atoms with Gasteiger partial charge in [-0.1, -0.05) is 41.9 Å². The molecule has 27 heavy (non-hydrogen) atoms. The van der Waals surface area contributed by atoms with E-state index in [1.54, 1.807) is 12.1 Å². The number of nitriles is 1. The summed E-state index contributed by atoms with van der Waals surface area (Å²) in [5, 5.41) is 14.1. The van der Waals surface area contributed by atoms with Gasteiger partial charge in [0.05, 0.1) is 28.6 Å². The molecule has 0 bridgehead atoms. The van der Waals surface area contributed by atoms with E-state index in [2.05, 4.69) is 11.2 Å². The molecule has 138 valence electrons. The van der Waals surface area contributed by atoms with Crippen LogP contribution in [0.4, 0.5) is 0 Å². The molecule has 0 saturated carbocycles. The SMILES string of the molecule is Cc1nn(Cc2ccc(CS(=O)O)cc2)c(C)c1-c1ccc(C#N)c(Cl)c1. The fourth-order valence-electron chi connectivity index (χ4n) is 3.09. The summed E-state index contributed by atoms with van der Waals surface area (Å²) in [4.78, 5) is 0. The number of hydrogen-bond acceptors (Lipinski definition) is 3. The summed E-state index contributed by atoms with van der Waals surface area (Å²) < 4.78 is 21.8. The molecule has 1 aromatic heterocycles. The lowest BCUT2D eigenvalue weighted by Crippen LogP contribution is -2.04. The third kappa shape index (κ3) is 4.28. The van der Waals surface area contributed by atoms with Crippen molar-refractivity contribution in [3.05, 3.63) is 75.6 Å². The highest BCUT2D eigenvalue weighted by molar-refractivity contribution is 7.78. The Morgan fingerprint density at radius 3 is 2.44 bits per heavy atom. The molecule has 0 spiro atoms. The van der Waals surface area contributed by atoms with Crippen LogP contribution in [0.5, 0.6) is 0 Å². The van der Waals surface area contributed by atoms with Crippen molar-refractivity contribution in [3.8, 4) is 17.2 Å². The second kappa shape index (κ2) is 8.05. The molecule has 1 heterocycles. The molecule has 0 aliphatic heterocycles. The normalized spacial score (nSPS) is 12.0. The van der Waals surface area contributed by atoms with Gasteiger partial charge in [-0.15, -0.1) is 0 Å². The summed E-state index contributed by atoms with van der Waals surface area (Å²) in [7, 11) is 0. The fourth-order valence-corrected chi connectivity index (χ4v) is 3.79. The van der Waals surface area contributed by atoms with E-state index in [1.165, 1.54) is 0 Å². The van der Waals surface area contributed by atoms with E-state index in [0.29, 0.717) is 17.1 Å². The van der Waals surface area contributed by atoms with Crippen molar-refractivity contribution in [2.75, 3.05) is 0 Å². The van der Waals surface area contributed by atoms with Crippen LogP contribution in [0, 0.1) is 25.2 Å². The Labute approximate surface area is 165 Å². The molecule has 0 aliphatic carbocycles. The lowest BCUT2D eigenvalue weighted by Gasteiger charge is -2.08. The molecule has 1 unspecified atom stereocenters. The fraction of sp³-hybridized carbons (Fsp3) is 0.200. The molecule has 3 rings (SSSR count). The van der Waals surface area contributed by atoms with Gasteiger partial charge in [0.2, 0.25) is 0 Å². The molecule has 5 nitrogen and oxygen atoms in total. The average molecular weight is 400 g/mol. The third-order valence-corrected chi connectivity index (χ3v) is 5.30. The van der Waals surface area contributed by atoms with Crippen LogP contribution in [-0.2, 0) is 23.4 Å². The molecule has 0 radical (unpaired) electrons. The third-order valence-electron chi connectivity index (χ3n) is 4.41. The van der Waals surface area contributed by atoms with Crippen molar-refractivity contribution in [2.24, 2.45) is 0 Å². The van der Waals surface area contributed by atoms with Crippen LogP contribution in [0.15, 0.2) is 42.5 Å². The number of hydrogen-bond donors (Lipinski definition) is 1. The highest BCUT2D eigenvalue weighted by Gasteiger charge is 2.15. The molecule has 1 N–H and O–H groups in total. The maximum Gasteiger partial charge on any atom is 0.157 e. The first-order valence-electron chi connectivity index (χ1n) is 8.28. The van der Waals surface area contributed by atoms with E-state index in [9.17, 15) is 4.21 Å². The Hall–Kier alpha value is -2.46. The van der Waals surface area contributed by atoms with E-state index in [1.807, 2.05) is 48.9 Å². The number of aryl methyl sites for hydroxylation is 1. The van der Waals surface area contributed by atoms with Gasteiger partial charge in [0.15, 0.2) is 11.1 Å². The van der Waals surface area contributed by atoms with Crippen molar-refractivity contribution in [1.82, 2.24) is 9.78 Å². The molecule has 7 heteroatoms. The molecule has 0 saturated heterocycles. The maximum absolute atomic E-state index is 10.9. The van der Waals surface area contributed by atoms with Gasteiger partial charge in [0, 0.05) is 11.3 Å². The summed E-state index contributed by atoms with van der Waals surface area (Å²) in [6, 6.07) is 15.1. The van der Waals surface area contributed by atoms with Gasteiger partial charge in [-0.2, -0.15) is 10.4 Å². The van der Waals surface area contributed by atoms with Crippen LogP contribution in [0.2, 0.25) is 5.02 Å². The molecule has 3 aromatic rings. The predicted molar refractivity (Wildman–Crippen MR) is 107 cm³/mol. The van der Waals surface area contributed by atoms with Gasteiger partial charge in [-0.05, 0) is 42.7 Å². The minimum Gasteiger partial charge on any atom is -0.306 e. The summed E-state index contributed by atoms with van der Waals surface area (Å²) in [5.74, 6) is 0.129. The number of aromatic nitrogens is 2. The van der Waals surface area contributed by atoms with E-state index in [0.717, 1.165) is 33.6 Å². The smallest absolute Gasteiger partial charge is 0.157 e. The standard InChI is InChI=1S/C20H18ClN3O2S/c1-13-20(17-7-8-18(10-22)19(21)9-17)14(2)24(23-13)11-15-3-5-16(6-4-15)12-27(25)26/h3-9H,11-12H2,1-2H3,(H,25,26). The molecule has 1 atom stereocenters. The highest BCUT2D eigenvalue weighted by Crippen LogP contribution is 2.30. The number of nitrogens with zero attached hydrogens (tertiary/aromatic N) is 3. The van der Waals surface area contributed by atoms with Gasteiger partial charge >= 0.3 is 0 Å². The maximum atomic E-state index is 10.9. The first-order chi connectivity index (χ1) is 12.9. The van der Waals surface area contributed by atoms with Gasteiger partial charge in [0.25, 0.3) is 0 Å². The lowest BCUT2D eigenvalue weighted by atomic mass is 10.0. The topological polar surface area (TPSA) is 78.9 Å². The zero-order valence-corrected chi connectivity index (χ0v) is 16.5. The number of halogens is 1. The van der Waals surface area contributed by atoms with Crippen molar-refractivity contribution < 1.29 is 8.76 Å². The molecular formula is C20H18ClN3O2S. The van der Waals surface area contributed by atoms with Gasteiger partial charge in [-0.3, -0.25) is 4.68 Å².